The molecule has 0 unspecified atom stereocenters. The summed E-state index contributed by atoms with van der Waals surface area (Å²) in [6, 6.07) is 9.29. The number of hydrogen-bond acceptors (Lipinski definition) is 6. The van der Waals surface area contributed by atoms with Crippen LogP contribution in [0.1, 0.15) is 5.89 Å². The van der Waals surface area contributed by atoms with Gasteiger partial charge in [-0.3, -0.25) is 0 Å². The van der Waals surface area contributed by atoms with Gasteiger partial charge in [0.05, 0.1) is 12.0 Å². The van der Waals surface area contributed by atoms with Crippen LogP contribution in [-0.4, -0.2) is 26.2 Å². The van der Waals surface area contributed by atoms with Gasteiger partial charge in [0, 0.05) is 23.9 Å². The number of rotatable bonds is 6. The van der Waals surface area contributed by atoms with Crippen molar-refractivity contribution in [2.75, 3.05) is 0 Å². The van der Waals surface area contributed by atoms with E-state index in [2.05, 4.69) is 21.7 Å². The van der Waals surface area contributed by atoms with Crippen molar-refractivity contribution in [1.82, 2.24) is 15.1 Å². The highest BCUT2D eigenvalue weighted by Crippen LogP contribution is 2.26. The topological polar surface area (TPSA) is 98.3 Å². The molecule has 7 nitrogen and oxygen atoms in total. The normalized spacial score (nSPS) is 10.4. The zero-order chi connectivity index (χ0) is 17.8. The van der Waals surface area contributed by atoms with Crippen LogP contribution >= 0.6 is 0 Å². The predicted molar refractivity (Wildman–Crippen MR) is 84.5 cm³/mol. The monoisotopic (exact) mass is 341 g/mol. The van der Waals surface area contributed by atoms with Crippen LogP contribution in [0.2, 0.25) is 0 Å². The highest BCUT2D eigenvalue weighted by Gasteiger charge is 2.16. The molecule has 0 saturated heterocycles. The second kappa shape index (κ2) is 6.91. The lowest BCUT2D eigenvalue weighted by molar-refractivity contribution is -0.132. The first kappa shape index (κ1) is 16.3. The van der Waals surface area contributed by atoms with Gasteiger partial charge in [-0.25, -0.2) is 14.2 Å². The van der Waals surface area contributed by atoms with Crippen LogP contribution < -0.4 is 4.74 Å². The minimum Gasteiger partial charge on any atom is -0.478 e. The molecule has 0 fully saturated rings. The number of nitrogens with zero attached hydrogens (tertiary/aromatic N) is 3. The summed E-state index contributed by atoms with van der Waals surface area (Å²) in [7, 11) is 0. The van der Waals surface area contributed by atoms with Crippen LogP contribution in [-0.2, 0) is 11.2 Å². The van der Waals surface area contributed by atoms with Gasteiger partial charge in [0.25, 0.3) is 0 Å². The first-order valence-corrected chi connectivity index (χ1v) is 7.15. The number of aliphatic carboxylic acids is 1. The number of aromatic nitrogens is 3. The Kier molecular flexibility index (Phi) is 4.51. The third-order valence-electron chi connectivity index (χ3n) is 3.18. The third-order valence-corrected chi connectivity index (χ3v) is 3.18. The molecule has 3 aromatic rings. The zero-order valence-corrected chi connectivity index (χ0v) is 12.8. The molecule has 8 heteroatoms. The van der Waals surface area contributed by atoms with E-state index in [4.69, 9.17) is 14.4 Å². The fourth-order valence-electron chi connectivity index (χ4n) is 1.96. The molecule has 0 radical (unpaired) electrons. The van der Waals surface area contributed by atoms with Crippen molar-refractivity contribution in [3.63, 3.8) is 0 Å². The molecule has 0 amide bonds. The Labute approximate surface area is 141 Å². The van der Waals surface area contributed by atoms with Crippen molar-refractivity contribution in [3.8, 4) is 23.0 Å². The molecular weight excluding hydrogens is 329 g/mol. The van der Waals surface area contributed by atoms with E-state index in [0.717, 1.165) is 0 Å². The molecule has 3 rings (SSSR count). The molecule has 0 aliphatic carbocycles. The maximum absolute atomic E-state index is 14.3. The molecule has 0 atom stereocenters. The van der Waals surface area contributed by atoms with Gasteiger partial charge in [0.1, 0.15) is 11.6 Å². The molecular formula is C17H12FN3O4. The summed E-state index contributed by atoms with van der Waals surface area (Å²) in [5, 5.41) is 12.5. The smallest absolute Gasteiger partial charge is 0.331 e. The van der Waals surface area contributed by atoms with E-state index in [1.807, 2.05) is 0 Å². The van der Waals surface area contributed by atoms with Crippen LogP contribution in [0.3, 0.4) is 0 Å². The van der Waals surface area contributed by atoms with Gasteiger partial charge in [-0.2, -0.15) is 4.98 Å². The molecule has 0 saturated carbocycles. The molecule has 0 aliphatic rings. The number of hydrogen-bond donors (Lipinski definition) is 1. The maximum atomic E-state index is 14.3. The number of carbonyl (C=O) groups is 1. The van der Waals surface area contributed by atoms with Gasteiger partial charge < -0.3 is 14.4 Å². The number of halogens is 1. The van der Waals surface area contributed by atoms with Crippen molar-refractivity contribution in [2.24, 2.45) is 0 Å². The van der Waals surface area contributed by atoms with Gasteiger partial charge in [0.15, 0.2) is 0 Å². The molecule has 25 heavy (non-hydrogen) atoms. The summed E-state index contributed by atoms with van der Waals surface area (Å²) in [5.41, 5.74) is -0.000843. The van der Waals surface area contributed by atoms with Gasteiger partial charge in [-0.05, 0) is 18.2 Å². The summed E-state index contributed by atoms with van der Waals surface area (Å²) >= 11 is 0. The van der Waals surface area contributed by atoms with Crippen LogP contribution in [0.4, 0.5) is 4.39 Å². The Morgan fingerprint density at radius 3 is 2.84 bits per heavy atom. The Bertz CT molecular complexity index is 925. The Morgan fingerprint density at radius 2 is 2.16 bits per heavy atom. The lowest BCUT2D eigenvalue weighted by Crippen LogP contribution is -2.02. The number of carboxylic acids is 1. The molecule has 1 N–H and O–H groups in total. The van der Waals surface area contributed by atoms with Crippen molar-refractivity contribution in [3.05, 3.63) is 66.5 Å². The van der Waals surface area contributed by atoms with Crippen LogP contribution in [0, 0.1) is 5.82 Å². The van der Waals surface area contributed by atoms with E-state index in [9.17, 15) is 9.18 Å². The summed E-state index contributed by atoms with van der Waals surface area (Å²) < 4.78 is 24.7. The Morgan fingerprint density at radius 1 is 1.32 bits per heavy atom. The average Bonchev–Trinajstić information content (AvgIpc) is 3.04. The standard InChI is InChI=1S/C17H12FN3O4/c1-10(17(22)23)8-15-20-16(21-25-15)12-6-5-11(9-13(12)18)24-14-4-2-3-7-19-14/h2-7,9H,1,8H2,(H,22,23). The SMILES string of the molecule is C=C(Cc1nc(-c2ccc(Oc3ccccn3)cc2F)no1)C(=O)O. The number of pyridine rings is 1. The molecule has 126 valence electrons. The van der Waals surface area contributed by atoms with Crippen molar-refractivity contribution in [1.29, 1.82) is 0 Å². The van der Waals surface area contributed by atoms with E-state index < -0.39 is 11.8 Å². The first-order valence-electron chi connectivity index (χ1n) is 7.15. The van der Waals surface area contributed by atoms with Crippen molar-refractivity contribution < 1.29 is 23.6 Å². The molecule has 2 heterocycles. The second-order valence-corrected chi connectivity index (χ2v) is 5.01. The summed E-state index contributed by atoms with van der Waals surface area (Å²) in [4.78, 5) is 18.7. The first-order chi connectivity index (χ1) is 12.0. The third kappa shape index (κ3) is 3.86. The van der Waals surface area contributed by atoms with Gasteiger partial charge in [-0.15, -0.1) is 0 Å². The van der Waals surface area contributed by atoms with Gasteiger partial charge >= 0.3 is 5.97 Å². The minimum absolute atomic E-state index is 0.00933. The highest BCUT2D eigenvalue weighted by atomic mass is 19.1. The van der Waals surface area contributed by atoms with Crippen molar-refractivity contribution in [2.45, 2.75) is 6.42 Å². The van der Waals surface area contributed by atoms with E-state index in [0.29, 0.717) is 5.88 Å². The number of benzene rings is 1. The zero-order valence-electron chi connectivity index (χ0n) is 12.8. The van der Waals surface area contributed by atoms with Crippen LogP contribution in [0.5, 0.6) is 11.6 Å². The predicted octanol–water partition coefficient (Wildman–Crippen LogP) is 3.25. The van der Waals surface area contributed by atoms with Crippen molar-refractivity contribution >= 4 is 5.97 Å². The molecule has 0 spiro atoms. The second-order valence-electron chi connectivity index (χ2n) is 5.01. The quantitative estimate of drug-likeness (QED) is 0.687. The van der Waals surface area contributed by atoms with Crippen LogP contribution in [0.15, 0.2) is 59.3 Å². The molecule has 0 aliphatic heterocycles. The Hall–Kier alpha value is -3.55. The summed E-state index contributed by atoms with van der Waals surface area (Å²) in [6.07, 6.45) is 1.44. The number of ether oxygens (including phenoxy) is 1. The molecule has 2 aromatic heterocycles. The van der Waals surface area contributed by atoms with E-state index >= 15 is 0 Å². The van der Waals surface area contributed by atoms with E-state index in [1.165, 1.54) is 12.1 Å². The highest BCUT2D eigenvalue weighted by molar-refractivity contribution is 5.86. The maximum Gasteiger partial charge on any atom is 0.331 e. The average molecular weight is 341 g/mol. The van der Waals surface area contributed by atoms with Crippen LogP contribution in [0.25, 0.3) is 11.4 Å². The van der Waals surface area contributed by atoms with E-state index in [-0.39, 0.29) is 35.0 Å². The fraction of sp³-hybridized carbons (Fsp3) is 0.0588. The lowest BCUT2D eigenvalue weighted by Gasteiger charge is -2.05. The Balaban J connectivity index is 1.78. The van der Waals surface area contributed by atoms with Gasteiger partial charge in [-0.1, -0.05) is 17.8 Å². The van der Waals surface area contributed by atoms with Gasteiger partial charge in [0.2, 0.25) is 17.6 Å². The largest absolute Gasteiger partial charge is 0.478 e. The molecule has 0 bridgehead atoms. The minimum atomic E-state index is -1.16. The molecule has 1 aromatic carbocycles. The lowest BCUT2D eigenvalue weighted by atomic mass is 10.2. The summed E-state index contributed by atoms with van der Waals surface area (Å²) in [5.74, 6) is -1.13. The van der Waals surface area contributed by atoms with E-state index in [1.54, 1.807) is 30.5 Å². The fourth-order valence-corrected chi connectivity index (χ4v) is 1.96. The number of carboxylic acid groups (broad SMARTS) is 1. The summed E-state index contributed by atoms with van der Waals surface area (Å²) in [6.45, 7) is 3.38.